The molecule has 382 valence electrons. The molecule has 0 rings (SSSR count). The minimum Gasteiger partial charge on any atom is -0.462 e. The van der Waals surface area contributed by atoms with E-state index in [1.807, 2.05) is 0 Å². The lowest BCUT2D eigenvalue weighted by molar-refractivity contribution is -0.167. The summed E-state index contributed by atoms with van der Waals surface area (Å²) in [5.41, 5.74) is 0. The van der Waals surface area contributed by atoms with Crippen LogP contribution in [0.15, 0.2) is 97.2 Å². The minimum atomic E-state index is -0.815. The highest BCUT2D eigenvalue weighted by Gasteiger charge is 2.19. The summed E-state index contributed by atoms with van der Waals surface area (Å²) in [7, 11) is 0. The van der Waals surface area contributed by atoms with E-state index in [-0.39, 0.29) is 37.5 Å². The van der Waals surface area contributed by atoms with Gasteiger partial charge in [0.1, 0.15) is 13.2 Å². The fraction of sp³-hybridized carbons (Fsp3) is 0.689. The van der Waals surface area contributed by atoms with Crippen molar-refractivity contribution in [3.05, 3.63) is 97.2 Å². The van der Waals surface area contributed by atoms with Gasteiger partial charge in [-0.1, -0.05) is 201 Å². The first-order valence-corrected chi connectivity index (χ1v) is 27.7. The van der Waals surface area contributed by atoms with Crippen LogP contribution in [0.4, 0.5) is 0 Å². The molecule has 0 saturated carbocycles. The zero-order valence-corrected chi connectivity index (χ0v) is 43.6. The van der Waals surface area contributed by atoms with Gasteiger partial charge in [-0.15, -0.1) is 0 Å². The molecule has 0 heterocycles. The lowest BCUT2D eigenvalue weighted by Gasteiger charge is -2.18. The Bertz CT molecular complexity index is 1350. The highest BCUT2D eigenvalue weighted by molar-refractivity contribution is 5.71. The second-order valence-corrected chi connectivity index (χ2v) is 18.1. The average molecular weight is 931 g/mol. The molecule has 1 atom stereocenters. The monoisotopic (exact) mass is 931 g/mol. The zero-order valence-electron chi connectivity index (χ0n) is 43.6. The van der Waals surface area contributed by atoms with E-state index in [1.165, 1.54) is 103 Å². The predicted octanol–water partition coefficient (Wildman–Crippen LogP) is 18.5. The number of ether oxygens (including phenoxy) is 3. The molecule has 0 fully saturated rings. The smallest absolute Gasteiger partial charge is 0.306 e. The summed E-state index contributed by atoms with van der Waals surface area (Å²) >= 11 is 0. The number of rotatable bonds is 49. The Morgan fingerprint density at radius 1 is 0.299 bits per heavy atom. The van der Waals surface area contributed by atoms with Crippen LogP contribution in [0.5, 0.6) is 0 Å². The largest absolute Gasteiger partial charge is 0.462 e. The maximum Gasteiger partial charge on any atom is 0.306 e. The summed E-state index contributed by atoms with van der Waals surface area (Å²) in [5, 5.41) is 0. The van der Waals surface area contributed by atoms with Gasteiger partial charge in [-0.05, 0) is 128 Å². The SMILES string of the molecule is CCCCC/C=C\C/C=C\C/C=C\C/C=C\CCCCCC(=O)OC[C@H](COC(=O)CCCCCCC/C=C\CCCCCCCC)OC(=O)CCCC/C=C\C/C=C\C/C=C\CCCCC. The first kappa shape index (κ1) is 63.3. The van der Waals surface area contributed by atoms with Crippen LogP contribution >= 0.6 is 0 Å². The zero-order chi connectivity index (χ0) is 48.6. The Morgan fingerprint density at radius 3 is 0.925 bits per heavy atom. The predicted molar refractivity (Wildman–Crippen MR) is 288 cm³/mol. The van der Waals surface area contributed by atoms with E-state index in [0.717, 1.165) is 103 Å². The van der Waals surface area contributed by atoms with E-state index in [4.69, 9.17) is 14.2 Å². The van der Waals surface area contributed by atoms with Crippen LogP contribution in [0.25, 0.3) is 0 Å². The minimum absolute atomic E-state index is 0.108. The van der Waals surface area contributed by atoms with Crippen molar-refractivity contribution in [3.63, 3.8) is 0 Å². The fourth-order valence-corrected chi connectivity index (χ4v) is 7.31. The summed E-state index contributed by atoms with van der Waals surface area (Å²) in [4.78, 5) is 38.1. The maximum atomic E-state index is 12.8. The van der Waals surface area contributed by atoms with Gasteiger partial charge in [0, 0.05) is 19.3 Å². The maximum absolute atomic E-state index is 12.8. The molecule has 0 aliphatic carbocycles. The molecular formula is C61H102O6. The summed E-state index contributed by atoms with van der Waals surface area (Å²) in [5.74, 6) is -0.987. The Kier molecular flexibility index (Phi) is 51.9. The second-order valence-electron chi connectivity index (χ2n) is 18.1. The molecule has 0 aliphatic heterocycles. The second kappa shape index (κ2) is 54.9. The molecule has 0 aromatic heterocycles. The Hall–Kier alpha value is -3.67. The number of esters is 3. The Balaban J connectivity index is 4.52. The van der Waals surface area contributed by atoms with E-state index in [0.29, 0.717) is 19.3 Å². The Labute approximate surface area is 413 Å². The van der Waals surface area contributed by atoms with Crippen molar-refractivity contribution in [2.75, 3.05) is 13.2 Å². The molecular weight excluding hydrogens is 829 g/mol. The van der Waals surface area contributed by atoms with E-state index in [1.54, 1.807) is 0 Å². The van der Waals surface area contributed by atoms with E-state index in [2.05, 4.69) is 118 Å². The van der Waals surface area contributed by atoms with E-state index in [9.17, 15) is 14.4 Å². The summed E-state index contributed by atoms with van der Waals surface area (Å²) in [6.45, 7) is 6.51. The number of hydrogen-bond acceptors (Lipinski definition) is 6. The van der Waals surface area contributed by atoms with Crippen LogP contribution in [-0.4, -0.2) is 37.2 Å². The first-order valence-electron chi connectivity index (χ1n) is 27.7. The van der Waals surface area contributed by atoms with Crippen molar-refractivity contribution >= 4 is 17.9 Å². The van der Waals surface area contributed by atoms with Gasteiger partial charge in [-0.2, -0.15) is 0 Å². The van der Waals surface area contributed by atoms with Crippen LogP contribution in [0.3, 0.4) is 0 Å². The van der Waals surface area contributed by atoms with E-state index >= 15 is 0 Å². The molecule has 6 nitrogen and oxygen atoms in total. The molecule has 0 N–H and O–H groups in total. The van der Waals surface area contributed by atoms with Crippen molar-refractivity contribution in [1.82, 2.24) is 0 Å². The molecule has 0 bridgehead atoms. The topological polar surface area (TPSA) is 78.9 Å². The fourth-order valence-electron chi connectivity index (χ4n) is 7.31. The van der Waals surface area contributed by atoms with Gasteiger partial charge in [-0.25, -0.2) is 0 Å². The Morgan fingerprint density at radius 2 is 0.537 bits per heavy atom. The van der Waals surface area contributed by atoms with Gasteiger partial charge in [0.2, 0.25) is 0 Å². The van der Waals surface area contributed by atoms with Gasteiger partial charge in [0.25, 0.3) is 0 Å². The number of allylic oxidation sites excluding steroid dienone is 16. The molecule has 0 unspecified atom stereocenters. The first-order chi connectivity index (χ1) is 33.0. The highest BCUT2D eigenvalue weighted by atomic mass is 16.6. The summed E-state index contributed by atoms with van der Waals surface area (Å²) in [6.07, 6.45) is 72.5. The standard InChI is InChI=1S/C61H102O6/c1-4-7-10-13-16-19-22-25-28-29-30-31-34-36-39-42-45-48-51-54-60(63)66-57-58(67-61(64)55-52-49-46-43-40-37-33-27-24-21-18-15-12-9-6-3)56-65-59(62)53-50-47-44-41-38-35-32-26-23-20-17-14-11-8-5-2/h16,18-19,21,25-28,30-33,36,39-40,43,58H,4-15,17,20,22-24,29,34-35,37-38,41-42,44-57H2,1-3H3/b19-16-,21-18-,28-25-,31-30-,32-26-,33-27-,39-36-,43-40-/t58-/m0/s1. The van der Waals surface area contributed by atoms with Gasteiger partial charge < -0.3 is 14.2 Å². The van der Waals surface area contributed by atoms with Crippen LogP contribution in [-0.2, 0) is 28.6 Å². The number of unbranched alkanes of at least 4 members (excludes halogenated alkanes) is 22. The molecule has 0 aromatic rings. The molecule has 6 heteroatoms. The molecule has 0 spiro atoms. The molecule has 0 radical (unpaired) electrons. The third kappa shape index (κ3) is 53.2. The van der Waals surface area contributed by atoms with Crippen LogP contribution in [0.1, 0.15) is 252 Å². The van der Waals surface area contributed by atoms with Gasteiger partial charge in [0.15, 0.2) is 6.10 Å². The van der Waals surface area contributed by atoms with Crippen molar-refractivity contribution in [2.24, 2.45) is 0 Å². The number of hydrogen-bond donors (Lipinski definition) is 0. The van der Waals surface area contributed by atoms with Crippen molar-refractivity contribution in [1.29, 1.82) is 0 Å². The average Bonchev–Trinajstić information content (AvgIpc) is 3.33. The van der Waals surface area contributed by atoms with E-state index < -0.39 is 6.10 Å². The summed E-state index contributed by atoms with van der Waals surface area (Å²) < 4.78 is 16.8. The molecule has 0 saturated heterocycles. The normalized spacial score (nSPS) is 12.8. The molecule has 67 heavy (non-hydrogen) atoms. The third-order valence-electron chi connectivity index (χ3n) is 11.5. The van der Waals surface area contributed by atoms with Crippen molar-refractivity contribution < 1.29 is 28.6 Å². The molecule has 0 aliphatic rings. The molecule has 0 aromatic carbocycles. The molecule has 0 amide bonds. The number of carbonyl (C=O) groups is 3. The number of carbonyl (C=O) groups excluding carboxylic acids is 3. The van der Waals surface area contributed by atoms with Crippen LogP contribution < -0.4 is 0 Å². The third-order valence-corrected chi connectivity index (χ3v) is 11.5. The highest BCUT2D eigenvalue weighted by Crippen LogP contribution is 2.13. The van der Waals surface area contributed by atoms with Gasteiger partial charge >= 0.3 is 17.9 Å². The quantitative estimate of drug-likeness (QED) is 0.0262. The van der Waals surface area contributed by atoms with Crippen LogP contribution in [0.2, 0.25) is 0 Å². The van der Waals surface area contributed by atoms with Crippen molar-refractivity contribution in [2.45, 2.75) is 258 Å². The van der Waals surface area contributed by atoms with Crippen LogP contribution in [0, 0.1) is 0 Å². The van der Waals surface area contributed by atoms with Crippen molar-refractivity contribution in [3.8, 4) is 0 Å². The lowest BCUT2D eigenvalue weighted by atomic mass is 10.1. The summed E-state index contributed by atoms with van der Waals surface area (Å²) in [6, 6.07) is 0. The lowest BCUT2D eigenvalue weighted by Crippen LogP contribution is -2.30. The van der Waals surface area contributed by atoms with Gasteiger partial charge in [0.05, 0.1) is 0 Å². The van der Waals surface area contributed by atoms with Gasteiger partial charge in [-0.3, -0.25) is 14.4 Å².